The number of sulfonamides is 1. The van der Waals surface area contributed by atoms with Crippen LogP contribution in [0.15, 0.2) is 21.6 Å². The monoisotopic (exact) mass is 317 g/mol. The van der Waals surface area contributed by atoms with Gasteiger partial charge in [-0.3, -0.25) is 0 Å². The molecule has 1 atom stereocenters. The van der Waals surface area contributed by atoms with Crippen molar-refractivity contribution in [2.24, 2.45) is 5.92 Å². The number of rotatable bonds is 9. The number of likely N-dealkylation sites (N-methyl/N-ethyl adjacent to an activating group) is 1. The molecule has 0 spiro atoms. The zero-order valence-corrected chi connectivity index (χ0v) is 14.3. The Morgan fingerprint density at radius 3 is 2.48 bits per heavy atom. The van der Waals surface area contributed by atoms with Crippen molar-refractivity contribution in [3.63, 3.8) is 0 Å². The van der Waals surface area contributed by atoms with Crippen molar-refractivity contribution in [1.82, 2.24) is 14.9 Å². The molecule has 6 nitrogen and oxygen atoms in total. The van der Waals surface area contributed by atoms with Gasteiger partial charge >= 0.3 is 0 Å². The van der Waals surface area contributed by atoms with Gasteiger partial charge in [-0.25, -0.2) is 13.1 Å². The van der Waals surface area contributed by atoms with Crippen LogP contribution in [0.25, 0.3) is 0 Å². The SMILES string of the molecule is CCNCc1ccc(S(=O)(=O)NC(CN(C)C)C(C)C)o1. The van der Waals surface area contributed by atoms with Crippen LogP contribution >= 0.6 is 0 Å². The molecule has 2 N–H and O–H groups in total. The summed E-state index contributed by atoms with van der Waals surface area (Å²) in [5.41, 5.74) is 0. The van der Waals surface area contributed by atoms with E-state index in [4.69, 9.17) is 4.42 Å². The largest absolute Gasteiger partial charge is 0.447 e. The van der Waals surface area contributed by atoms with E-state index in [2.05, 4.69) is 10.0 Å². The maximum Gasteiger partial charge on any atom is 0.274 e. The number of hydrogen-bond donors (Lipinski definition) is 2. The lowest BCUT2D eigenvalue weighted by atomic mass is 10.1. The van der Waals surface area contributed by atoms with Gasteiger partial charge in [0, 0.05) is 12.6 Å². The average molecular weight is 317 g/mol. The molecule has 1 unspecified atom stereocenters. The van der Waals surface area contributed by atoms with Crippen LogP contribution in [0.1, 0.15) is 26.5 Å². The van der Waals surface area contributed by atoms with E-state index in [0.29, 0.717) is 18.8 Å². The highest BCUT2D eigenvalue weighted by Crippen LogP contribution is 2.16. The minimum atomic E-state index is -3.63. The molecule has 0 aliphatic heterocycles. The molecule has 1 aromatic heterocycles. The normalized spacial score (nSPS) is 14.0. The first-order valence-corrected chi connectivity index (χ1v) is 8.71. The Hall–Kier alpha value is -0.890. The van der Waals surface area contributed by atoms with E-state index in [1.165, 1.54) is 6.07 Å². The number of nitrogens with one attached hydrogen (secondary N) is 2. The maximum absolute atomic E-state index is 12.4. The van der Waals surface area contributed by atoms with Gasteiger partial charge in [-0.1, -0.05) is 20.8 Å². The summed E-state index contributed by atoms with van der Waals surface area (Å²) in [6.07, 6.45) is 0. The maximum atomic E-state index is 12.4. The molecule has 1 aromatic rings. The summed E-state index contributed by atoms with van der Waals surface area (Å²) >= 11 is 0. The first kappa shape index (κ1) is 18.2. The first-order valence-electron chi connectivity index (χ1n) is 7.22. The fourth-order valence-electron chi connectivity index (χ4n) is 1.88. The van der Waals surface area contributed by atoms with E-state index in [9.17, 15) is 8.42 Å². The van der Waals surface area contributed by atoms with Crippen LogP contribution in [0.2, 0.25) is 0 Å². The van der Waals surface area contributed by atoms with E-state index < -0.39 is 10.0 Å². The molecule has 0 amide bonds. The third-order valence-electron chi connectivity index (χ3n) is 3.12. The van der Waals surface area contributed by atoms with Crippen molar-refractivity contribution in [3.05, 3.63) is 17.9 Å². The Labute approximate surface area is 127 Å². The van der Waals surface area contributed by atoms with Crippen LogP contribution in [0.4, 0.5) is 0 Å². The third kappa shape index (κ3) is 5.78. The van der Waals surface area contributed by atoms with Crippen LogP contribution in [-0.4, -0.2) is 46.5 Å². The predicted octanol–water partition coefficient (Wildman–Crippen LogP) is 1.25. The van der Waals surface area contributed by atoms with Crippen LogP contribution in [0, 0.1) is 5.92 Å². The molecule has 0 saturated heterocycles. The van der Waals surface area contributed by atoms with Crippen LogP contribution in [-0.2, 0) is 16.6 Å². The quantitative estimate of drug-likeness (QED) is 0.717. The van der Waals surface area contributed by atoms with Gasteiger partial charge in [-0.2, -0.15) is 0 Å². The summed E-state index contributed by atoms with van der Waals surface area (Å²) in [7, 11) is 0.218. The standard InChI is InChI=1S/C14H27N3O3S/c1-6-15-9-12-7-8-14(20-12)21(18,19)16-13(11(2)3)10-17(4)5/h7-8,11,13,15-16H,6,9-10H2,1-5H3. The van der Waals surface area contributed by atoms with Crippen molar-refractivity contribution in [1.29, 1.82) is 0 Å². The summed E-state index contributed by atoms with van der Waals surface area (Å²) in [5, 5.41) is 3.07. The lowest BCUT2D eigenvalue weighted by Crippen LogP contribution is -2.44. The highest BCUT2D eigenvalue weighted by molar-refractivity contribution is 7.89. The topological polar surface area (TPSA) is 74.6 Å². The van der Waals surface area contributed by atoms with Gasteiger partial charge in [0.1, 0.15) is 5.76 Å². The van der Waals surface area contributed by atoms with Crippen molar-refractivity contribution >= 4 is 10.0 Å². The molecule has 122 valence electrons. The van der Waals surface area contributed by atoms with Crippen molar-refractivity contribution < 1.29 is 12.8 Å². The lowest BCUT2D eigenvalue weighted by molar-refractivity contribution is 0.311. The Kier molecular flexibility index (Phi) is 6.86. The van der Waals surface area contributed by atoms with Gasteiger partial charge in [0.15, 0.2) is 0 Å². The van der Waals surface area contributed by atoms with E-state index in [0.717, 1.165) is 6.54 Å². The van der Waals surface area contributed by atoms with Gasteiger partial charge in [0.05, 0.1) is 6.54 Å². The Morgan fingerprint density at radius 1 is 1.29 bits per heavy atom. The lowest BCUT2D eigenvalue weighted by Gasteiger charge is -2.24. The zero-order chi connectivity index (χ0) is 16.0. The Bertz CT molecular complexity index is 523. The van der Waals surface area contributed by atoms with E-state index >= 15 is 0 Å². The van der Waals surface area contributed by atoms with Crippen molar-refractivity contribution in [2.75, 3.05) is 27.2 Å². The minimum Gasteiger partial charge on any atom is -0.447 e. The summed E-state index contributed by atoms with van der Waals surface area (Å²) in [5.74, 6) is 0.810. The van der Waals surface area contributed by atoms with Gasteiger partial charge < -0.3 is 14.6 Å². The van der Waals surface area contributed by atoms with Gasteiger partial charge in [-0.15, -0.1) is 0 Å². The van der Waals surface area contributed by atoms with Gasteiger partial charge in [0.25, 0.3) is 10.0 Å². The molecule has 0 bridgehead atoms. The fraction of sp³-hybridized carbons (Fsp3) is 0.714. The van der Waals surface area contributed by atoms with E-state index in [1.807, 2.05) is 39.8 Å². The third-order valence-corrected chi connectivity index (χ3v) is 4.49. The summed E-state index contributed by atoms with van der Waals surface area (Å²) in [6, 6.07) is 3.03. The molecule has 1 rings (SSSR count). The molecular formula is C14H27N3O3S. The molecule has 1 heterocycles. The summed E-state index contributed by atoms with van der Waals surface area (Å²) < 4.78 is 32.9. The Morgan fingerprint density at radius 2 is 1.95 bits per heavy atom. The van der Waals surface area contributed by atoms with Crippen LogP contribution in [0.5, 0.6) is 0 Å². The van der Waals surface area contributed by atoms with Crippen LogP contribution < -0.4 is 10.0 Å². The molecule has 0 saturated carbocycles. The zero-order valence-electron chi connectivity index (χ0n) is 13.5. The average Bonchev–Trinajstić information content (AvgIpc) is 2.84. The first-order chi connectivity index (χ1) is 9.76. The van der Waals surface area contributed by atoms with E-state index in [1.54, 1.807) is 6.07 Å². The second-order valence-electron chi connectivity index (χ2n) is 5.74. The van der Waals surface area contributed by atoms with Crippen molar-refractivity contribution in [3.8, 4) is 0 Å². The smallest absolute Gasteiger partial charge is 0.274 e. The molecule has 7 heteroatoms. The number of hydrogen-bond acceptors (Lipinski definition) is 5. The molecule has 0 aliphatic rings. The Balaban J connectivity index is 2.81. The predicted molar refractivity (Wildman–Crippen MR) is 83.6 cm³/mol. The van der Waals surface area contributed by atoms with Gasteiger partial charge in [-0.05, 0) is 38.7 Å². The molecule has 0 fully saturated rings. The van der Waals surface area contributed by atoms with Gasteiger partial charge in [0.2, 0.25) is 5.09 Å². The fourth-order valence-corrected chi connectivity index (χ4v) is 3.21. The summed E-state index contributed by atoms with van der Waals surface area (Å²) in [6.45, 7) is 7.94. The molecule has 0 aliphatic carbocycles. The second-order valence-corrected chi connectivity index (χ2v) is 7.38. The number of furan rings is 1. The van der Waals surface area contributed by atoms with Crippen molar-refractivity contribution in [2.45, 2.75) is 38.5 Å². The molecule has 0 radical (unpaired) electrons. The molecule has 0 aromatic carbocycles. The van der Waals surface area contributed by atoms with Crippen LogP contribution in [0.3, 0.4) is 0 Å². The van der Waals surface area contributed by atoms with E-state index in [-0.39, 0.29) is 17.1 Å². The highest BCUT2D eigenvalue weighted by atomic mass is 32.2. The highest BCUT2D eigenvalue weighted by Gasteiger charge is 2.25. The number of nitrogens with zero attached hydrogens (tertiary/aromatic N) is 1. The minimum absolute atomic E-state index is 0.0280. The molecular weight excluding hydrogens is 290 g/mol. The summed E-state index contributed by atoms with van der Waals surface area (Å²) in [4.78, 5) is 1.96. The second kappa shape index (κ2) is 7.93. The molecule has 21 heavy (non-hydrogen) atoms.